The maximum Gasteiger partial charge on any atom is 0.488 e. The van der Waals surface area contributed by atoms with Crippen molar-refractivity contribution in [3.8, 4) is 0 Å². The van der Waals surface area contributed by atoms with Crippen LogP contribution in [0.5, 0.6) is 0 Å². The van der Waals surface area contributed by atoms with Crippen molar-refractivity contribution in [3.05, 3.63) is 51.5 Å². The highest BCUT2D eigenvalue weighted by Crippen LogP contribution is 2.33. The van der Waals surface area contributed by atoms with Gasteiger partial charge < -0.3 is 10.0 Å². The summed E-state index contributed by atoms with van der Waals surface area (Å²) >= 11 is 1.79. The minimum Gasteiger partial charge on any atom is -0.423 e. The van der Waals surface area contributed by atoms with E-state index in [1.165, 1.54) is 16.5 Å². The predicted octanol–water partition coefficient (Wildman–Crippen LogP) is 1.69. The Labute approximate surface area is 127 Å². The van der Waals surface area contributed by atoms with Gasteiger partial charge in [-0.2, -0.15) is 0 Å². The molecule has 1 aliphatic heterocycles. The molecule has 110 valence electrons. The molecule has 1 aromatic heterocycles. The van der Waals surface area contributed by atoms with E-state index >= 15 is 0 Å². The van der Waals surface area contributed by atoms with Crippen molar-refractivity contribution < 1.29 is 14.4 Å². The summed E-state index contributed by atoms with van der Waals surface area (Å²) in [7, 11) is -1.63. The number of hydrogen-bond donors (Lipinski definition) is 2. The molecule has 6 heteroatoms. The van der Waals surface area contributed by atoms with E-state index in [2.05, 4.69) is 23.3 Å². The van der Waals surface area contributed by atoms with Crippen LogP contribution in [0.15, 0.2) is 29.6 Å². The maximum atomic E-state index is 14.1. The second kappa shape index (κ2) is 5.89. The van der Waals surface area contributed by atoms with Crippen molar-refractivity contribution in [2.24, 2.45) is 0 Å². The molecule has 3 nitrogen and oxygen atoms in total. The summed E-state index contributed by atoms with van der Waals surface area (Å²) < 4.78 is 14.1. The zero-order chi connectivity index (χ0) is 15.0. The Hall–Kier alpha value is -1.21. The van der Waals surface area contributed by atoms with Crippen molar-refractivity contribution in [3.63, 3.8) is 0 Å². The number of halogens is 1. The predicted molar refractivity (Wildman–Crippen MR) is 83.1 cm³/mol. The van der Waals surface area contributed by atoms with Crippen LogP contribution in [0.4, 0.5) is 4.39 Å². The summed E-state index contributed by atoms with van der Waals surface area (Å²) in [5, 5.41) is 20.2. The van der Waals surface area contributed by atoms with Gasteiger partial charge in [-0.15, -0.1) is 11.3 Å². The first kappa shape index (κ1) is 14.7. The zero-order valence-electron chi connectivity index (χ0n) is 11.8. The molecule has 1 atom stereocenters. The molecule has 1 unspecified atom stereocenters. The van der Waals surface area contributed by atoms with Gasteiger partial charge in [0.25, 0.3) is 0 Å². The van der Waals surface area contributed by atoms with E-state index in [0.717, 1.165) is 13.0 Å². The molecule has 2 heterocycles. The second-order valence-corrected chi connectivity index (χ2v) is 6.42. The van der Waals surface area contributed by atoms with Gasteiger partial charge in [0.1, 0.15) is 5.82 Å². The van der Waals surface area contributed by atoms with Crippen molar-refractivity contribution >= 4 is 23.9 Å². The highest BCUT2D eigenvalue weighted by molar-refractivity contribution is 7.10. The Bertz CT molecular complexity index is 646. The van der Waals surface area contributed by atoms with E-state index in [9.17, 15) is 4.39 Å². The van der Waals surface area contributed by atoms with Crippen LogP contribution in [0, 0.1) is 5.82 Å². The quantitative estimate of drug-likeness (QED) is 0.848. The first-order chi connectivity index (χ1) is 10.1. The molecule has 0 saturated heterocycles. The smallest absolute Gasteiger partial charge is 0.423 e. The summed E-state index contributed by atoms with van der Waals surface area (Å²) in [6.45, 7) is 3.59. The van der Waals surface area contributed by atoms with Crippen molar-refractivity contribution in [2.75, 3.05) is 6.54 Å². The van der Waals surface area contributed by atoms with E-state index in [4.69, 9.17) is 10.0 Å². The van der Waals surface area contributed by atoms with E-state index < -0.39 is 7.12 Å². The lowest BCUT2D eigenvalue weighted by Crippen LogP contribution is -2.34. The number of rotatable bonds is 3. The molecule has 3 rings (SSSR count). The van der Waals surface area contributed by atoms with Gasteiger partial charge in [-0.25, -0.2) is 4.39 Å². The Kier molecular flexibility index (Phi) is 4.13. The highest BCUT2D eigenvalue weighted by Gasteiger charge is 2.25. The minimum absolute atomic E-state index is 0.183. The molecule has 0 fully saturated rings. The summed E-state index contributed by atoms with van der Waals surface area (Å²) in [5.41, 5.74) is 2.11. The third kappa shape index (κ3) is 2.89. The van der Waals surface area contributed by atoms with Gasteiger partial charge in [0.15, 0.2) is 0 Å². The van der Waals surface area contributed by atoms with Crippen LogP contribution >= 0.6 is 11.3 Å². The number of thiophene rings is 1. The van der Waals surface area contributed by atoms with Gasteiger partial charge in [-0.3, -0.25) is 4.90 Å². The van der Waals surface area contributed by atoms with E-state index in [-0.39, 0.29) is 17.3 Å². The first-order valence-electron chi connectivity index (χ1n) is 7.01. The largest absolute Gasteiger partial charge is 0.488 e. The van der Waals surface area contributed by atoms with Crippen molar-refractivity contribution in [1.29, 1.82) is 0 Å². The van der Waals surface area contributed by atoms with Crippen LogP contribution in [0.2, 0.25) is 0 Å². The van der Waals surface area contributed by atoms with Gasteiger partial charge in [-0.05, 0) is 41.9 Å². The molecular formula is C15H17BFNO2S. The SMILES string of the molecule is CC1c2ccsc2CCN1Cc1ccc(B(O)O)cc1F. The molecule has 2 N–H and O–H groups in total. The second-order valence-electron chi connectivity index (χ2n) is 5.42. The average Bonchev–Trinajstić information content (AvgIpc) is 2.93. The molecule has 1 aliphatic rings. The van der Waals surface area contributed by atoms with E-state index in [1.54, 1.807) is 23.5 Å². The normalized spacial score (nSPS) is 18.6. The van der Waals surface area contributed by atoms with Crippen LogP contribution in [-0.4, -0.2) is 28.6 Å². The standard InChI is InChI=1S/C15H17BFNO2S/c1-10-13-5-7-21-15(13)4-6-18(10)9-11-2-3-12(16(19)20)8-14(11)17/h2-3,5,7-8,10,19-20H,4,6,9H2,1H3. The monoisotopic (exact) mass is 305 g/mol. The Balaban J connectivity index is 1.78. The molecule has 21 heavy (non-hydrogen) atoms. The van der Waals surface area contributed by atoms with Crippen LogP contribution in [0.3, 0.4) is 0 Å². The average molecular weight is 305 g/mol. The Morgan fingerprint density at radius 3 is 2.90 bits per heavy atom. The molecule has 2 aromatic rings. The zero-order valence-corrected chi connectivity index (χ0v) is 12.6. The lowest BCUT2D eigenvalue weighted by atomic mass is 9.80. The topological polar surface area (TPSA) is 43.7 Å². The third-order valence-corrected chi connectivity index (χ3v) is 5.15. The summed E-state index contributed by atoms with van der Waals surface area (Å²) in [6, 6.07) is 6.83. The summed E-state index contributed by atoms with van der Waals surface area (Å²) in [5.74, 6) is -0.385. The molecule has 0 aliphatic carbocycles. The van der Waals surface area contributed by atoms with Gasteiger partial charge in [0.05, 0.1) is 0 Å². The van der Waals surface area contributed by atoms with Crippen LogP contribution in [-0.2, 0) is 13.0 Å². The third-order valence-electron chi connectivity index (χ3n) is 4.15. The fraction of sp³-hybridized carbons (Fsp3) is 0.333. The number of benzene rings is 1. The van der Waals surface area contributed by atoms with Crippen molar-refractivity contribution in [2.45, 2.75) is 25.9 Å². The molecular weight excluding hydrogens is 288 g/mol. The fourth-order valence-electron chi connectivity index (χ4n) is 2.85. The number of fused-ring (bicyclic) bond motifs is 1. The van der Waals surface area contributed by atoms with Gasteiger partial charge >= 0.3 is 7.12 Å². The van der Waals surface area contributed by atoms with Crippen molar-refractivity contribution in [1.82, 2.24) is 4.90 Å². The lowest BCUT2D eigenvalue weighted by molar-refractivity contribution is 0.189. The molecule has 0 radical (unpaired) electrons. The van der Waals surface area contributed by atoms with E-state index in [1.807, 2.05) is 0 Å². The fourth-order valence-corrected chi connectivity index (χ4v) is 3.81. The Morgan fingerprint density at radius 2 is 2.19 bits per heavy atom. The van der Waals surface area contributed by atoms with E-state index in [0.29, 0.717) is 12.1 Å². The van der Waals surface area contributed by atoms with Crippen LogP contribution in [0.25, 0.3) is 0 Å². The summed E-state index contributed by atoms with van der Waals surface area (Å²) in [6.07, 6.45) is 1.01. The molecule has 0 saturated carbocycles. The molecule has 0 bridgehead atoms. The van der Waals surface area contributed by atoms with Crippen LogP contribution in [0.1, 0.15) is 29.0 Å². The van der Waals surface area contributed by atoms with Gasteiger partial charge in [-0.1, -0.05) is 12.1 Å². The summed E-state index contributed by atoms with van der Waals surface area (Å²) in [4.78, 5) is 3.68. The van der Waals surface area contributed by atoms with Gasteiger partial charge in [0.2, 0.25) is 0 Å². The number of nitrogens with zero attached hydrogens (tertiary/aromatic N) is 1. The Morgan fingerprint density at radius 1 is 1.38 bits per heavy atom. The van der Waals surface area contributed by atoms with Crippen LogP contribution < -0.4 is 5.46 Å². The van der Waals surface area contributed by atoms with Gasteiger partial charge in [0, 0.05) is 29.6 Å². The molecule has 1 aromatic carbocycles. The number of hydrogen-bond acceptors (Lipinski definition) is 4. The lowest BCUT2D eigenvalue weighted by Gasteiger charge is -2.33. The minimum atomic E-state index is -1.63. The highest BCUT2D eigenvalue weighted by atomic mass is 32.1. The molecule has 0 amide bonds. The first-order valence-corrected chi connectivity index (χ1v) is 7.89. The molecule has 0 spiro atoms. The maximum absolute atomic E-state index is 14.1.